The normalized spacial score (nSPS) is 16.8. The van der Waals surface area contributed by atoms with Gasteiger partial charge < -0.3 is 15.8 Å². The molecule has 0 radical (unpaired) electrons. The van der Waals surface area contributed by atoms with Crippen molar-refractivity contribution >= 4 is 34.8 Å². The second-order valence-electron chi connectivity index (χ2n) is 4.39. The Labute approximate surface area is 125 Å². The third kappa shape index (κ3) is 2.33. The van der Waals surface area contributed by atoms with Crippen molar-refractivity contribution in [1.29, 1.82) is 0 Å². The molecule has 0 saturated heterocycles. The van der Waals surface area contributed by atoms with Gasteiger partial charge in [0.2, 0.25) is 5.91 Å². The van der Waals surface area contributed by atoms with Crippen LogP contribution >= 0.6 is 23.2 Å². The van der Waals surface area contributed by atoms with Crippen molar-refractivity contribution in [3.63, 3.8) is 0 Å². The first-order valence-corrected chi connectivity index (χ1v) is 6.63. The Hall–Kier alpha value is -1.75. The molecule has 20 heavy (non-hydrogen) atoms. The predicted octanol–water partition coefficient (Wildman–Crippen LogP) is 3.74. The Morgan fingerprint density at radius 1 is 1.15 bits per heavy atom. The Morgan fingerprint density at radius 3 is 2.70 bits per heavy atom. The van der Waals surface area contributed by atoms with Gasteiger partial charge in [0, 0.05) is 22.3 Å². The van der Waals surface area contributed by atoms with Crippen LogP contribution in [0.3, 0.4) is 0 Å². The minimum Gasteiger partial charge on any atom is -0.456 e. The van der Waals surface area contributed by atoms with Gasteiger partial charge in [0.05, 0.1) is 5.02 Å². The van der Waals surface area contributed by atoms with Gasteiger partial charge in [-0.1, -0.05) is 29.3 Å². The number of nitrogens with two attached hydrogens (primary N) is 1. The van der Waals surface area contributed by atoms with Crippen molar-refractivity contribution in [3.8, 4) is 11.5 Å². The number of carbonyl (C=O) groups excluding carboxylic acids is 1. The largest absolute Gasteiger partial charge is 0.456 e. The molecule has 6 heteroatoms. The summed E-state index contributed by atoms with van der Waals surface area (Å²) in [5.41, 5.74) is 7.16. The zero-order chi connectivity index (χ0) is 14.3. The first-order valence-electron chi connectivity index (χ1n) is 5.88. The number of halogens is 2. The molecule has 1 amide bonds. The maximum absolute atomic E-state index is 11.5. The lowest BCUT2D eigenvalue weighted by atomic mass is 10.1. The van der Waals surface area contributed by atoms with Gasteiger partial charge in [-0.05, 0) is 24.3 Å². The van der Waals surface area contributed by atoms with Gasteiger partial charge in [-0.15, -0.1) is 0 Å². The number of amides is 1. The van der Waals surface area contributed by atoms with E-state index in [0.717, 1.165) is 5.56 Å². The highest BCUT2D eigenvalue weighted by atomic mass is 35.5. The summed E-state index contributed by atoms with van der Waals surface area (Å²) in [4.78, 5) is 11.5. The van der Waals surface area contributed by atoms with E-state index in [0.29, 0.717) is 27.2 Å². The number of rotatable bonds is 2. The van der Waals surface area contributed by atoms with E-state index in [4.69, 9.17) is 33.7 Å². The Bertz CT molecular complexity index is 704. The molecular weight excluding hydrogens is 299 g/mol. The summed E-state index contributed by atoms with van der Waals surface area (Å²) in [5.74, 6) is 0.827. The van der Waals surface area contributed by atoms with Crippen molar-refractivity contribution in [2.75, 3.05) is 5.32 Å². The first kappa shape index (κ1) is 13.2. The molecule has 2 aromatic carbocycles. The molecule has 0 saturated carbocycles. The minimum atomic E-state index is -0.627. The van der Waals surface area contributed by atoms with Gasteiger partial charge >= 0.3 is 0 Å². The monoisotopic (exact) mass is 308 g/mol. The van der Waals surface area contributed by atoms with E-state index >= 15 is 0 Å². The van der Waals surface area contributed by atoms with E-state index in [1.54, 1.807) is 36.4 Å². The Balaban J connectivity index is 1.90. The van der Waals surface area contributed by atoms with Crippen molar-refractivity contribution in [2.45, 2.75) is 6.04 Å². The van der Waals surface area contributed by atoms with Crippen LogP contribution in [0.1, 0.15) is 11.6 Å². The van der Waals surface area contributed by atoms with Gasteiger partial charge in [0.1, 0.15) is 17.5 Å². The number of nitrogens with one attached hydrogen (secondary N) is 1. The van der Waals surface area contributed by atoms with Gasteiger partial charge in [-0.3, -0.25) is 4.79 Å². The van der Waals surface area contributed by atoms with Crippen molar-refractivity contribution in [3.05, 3.63) is 52.0 Å². The SMILES string of the molecule is NC1C(=O)Nc2cc(Oc3ccc(Cl)cc3Cl)ccc21. The van der Waals surface area contributed by atoms with Gasteiger partial charge in [-0.2, -0.15) is 0 Å². The minimum absolute atomic E-state index is 0.221. The van der Waals surface area contributed by atoms with Crippen LogP contribution in [-0.2, 0) is 4.79 Å². The molecule has 2 aromatic rings. The van der Waals surface area contributed by atoms with Crippen LogP contribution in [0.25, 0.3) is 0 Å². The molecule has 0 spiro atoms. The molecule has 0 aliphatic carbocycles. The molecule has 102 valence electrons. The molecule has 3 N–H and O–H groups in total. The molecule has 4 nitrogen and oxygen atoms in total. The van der Waals surface area contributed by atoms with E-state index in [2.05, 4.69) is 5.32 Å². The summed E-state index contributed by atoms with van der Waals surface area (Å²) in [6.45, 7) is 0. The first-order chi connectivity index (χ1) is 9.54. The molecule has 1 aliphatic heterocycles. The molecule has 0 bridgehead atoms. The lowest BCUT2D eigenvalue weighted by Gasteiger charge is -2.09. The average molecular weight is 309 g/mol. The summed E-state index contributed by atoms with van der Waals surface area (Å²) in [5, 5.41) is 3.65. The predicted molar refractivity (Wildman–Crippen MR) is 78.5 cm³/mol. The molecule has 1 aliphatic rings. The zero-order valence-corrected chi connectivity index (χ0v) is 11.7. The zero-order valence-electron chi connectivity index (χ0n) is 10.2. The van der Waals surface area contributed by atoms with Gasteiger partial charge in [-0.25, -0.2) is 0 Å². The van der Waals surface area contributed by atoms with E-state index < -0.39 is 6.04 Å². The molecule has 0 fully saturated rings. The fraction of sp³-hybridized carbons (Fsp3) is 0.0714. The van der Waals surface area contributed by atoms with Crippen LogP contribution in [0.2, 0.25) is 10.0 Å². The van der Waals surface area contributed by atoms with Crippen LogP contribution in [-0.4, -0.2) is 5.91 Å². The second-order valence-corrected chi connectivity index (χ2v) is 5.24. The summed E-state index contributed by atoms with van der Waals surface area (Å²) in [6.07, 6.45) is 0. The highest BCUT2D eigenvalue weighted by Gasteiger charge is 2.27. The van der Waals surface area contributed by atoms with Crippen molar-refractivity contribution in [2.24, 2.45) is 5.73 Å². The number of ether oxygens (including phenoxy) is 1. The van der Waals surface area contributed by atoms with Crippen LogP contribution in [0.15, 0.2) is 36.4 Å². The maximum atomic E-state index is 11.5. The number of fused-ring (bicyclic) bond motifs is 1. The standard InChI is InChI=1S/C14H10Cl2N2O2/c15-7-1-4-12(10(16)5-7)20-8-2-3-9-11(6-8)18-14(19)13(9)17/h1-6,13H,17H2,(H,18,19). The molecule has 0 aromatic heterocycles. The average Bonchev–Trinajstić information content (AvgIpc) is 2.68. The lowest BCUT2D eigenvalue weighted by molar-refractivity contribution is -0.116. The molecule has 1 heterocycles. The summed E-state index contributed by atoms with van der Waals surface area (Å²) >= 11 is 11.9. The van der Waals surface area contributed by atoms with Crippen LogP contribution in [0, 0.1) is 0 Å². The third-order valence-corrected chi connectivity index (χ3v) is 3.55. The van der Waals surface area contributed by atoms with E-state index in [9.17, 15) is 4.79 Å². The van der Waals surface area contributed by atoms with Crippen molar-refractivity contribution < 1.29 is 9.53 Å². The molecule has 1 unspecified atom stereocenters. The fourth-order valence-corrected chi connectivity index (χ4v) is 2.46. The van der Waals surface area contributed by atoms with E-state index in [1.165, 1.54) is 0 Å². The van der Waals surface area contributed by atoms with E-state index in [1.807, 2.05) is 0 Å². The molecule has 1 atom stereocenters. The highest BCUT2D eigenvalue weighted by Crippen LogP contribution is 2.36. The maximum Gasteiger partial charge on any atom is 0.245 e. The third-order valence-electron chi connectivity index (χ3n) is 3.02. The topological polar surface area (TPSA) is 64.4 Å². The van der Waals surface area contributed by atoms with Gasteiger partial charge in [0.15, 0.2) is 0 Å². The summed E-state index contributed by atoms with van der Waals surface area (Å²) in [6, 6.07) is 9.56. The summed E-state index contributed by atoms with van der Waals surface area (Å²) in [7, 11) is 0. The smallest absolute Gasteiger partial charge is 0.245 e. The fourth-order valence-electron chi connectivity index (χ4n) is 2.01. The Morgan fingerprint density at radius 2 is 1.95 bits per heavy atom. The molecular formula is C14H10Cl2N2O2. The number of carbonyl (C=O) groups is 1. The number of hydrogen-bond acceptors (Lipinski definition) is 3. The number of anilines is 1. The Kier molecular flexibility index (Phi) is 3.30. The highest BCUT2D eigenvalue weighted by molar-refractivity contribution is 6.35. The number of benzene rings is 2. The van der Waals surface area contributed by atoms with Crippen molar-refractivity contribution in [1.82, 2.24) is 0 Å². The summed E-state index contributed by atoms with van der Waals surface area (Å²) < 4.78 is 5.68. The van der Waals surface area contributed by atoms with Gasteiger partial charge in [0.25, 0.3) is 0 Å². The lowest BCUT2D eigenvalue weighted by Crippen LogP contribution is -2.19. The van der Waals surface area contributed by atoms with Crippen LogP contribution in [0.5, 0.6) is 11.5 Å². The number of hydrogen-bond donors (Lipinski definition) is 2. The quantitative estimate of drug-likeness (QED) is 0.888. The molecule has 3 rings (SSSR count). The van der Waals surface area contributed by atoms with Crippen LogP contribution in [0.4, 0.5) is 5.69 Å². The van der Waals surface area contributed by atoms with Crippen LogP contribution < -0.4 is 15.8 Å². The van der Waals surface area contributed by atoms with E-state index in [-0.39, 0.29) is 5.91 Å². The second kappa shape index (κ2) is 4.98.